The van der Waals surface area contributed by atoms with E-state index in [9.17, 15) is 37.4 Å². The smallest absolute Gasteiger partial charge is 0.356 e. The van der Waals surface area contributed by atoms with E-state index < -0.39 is 72.5 Å². The molecule has 3 aromatic rings. The summed E-state index contributed by atoms with van der Waals surface area (Å²) in [6.07, 6.45) is -1.95. The molecule has 0 spiro atoms. The highest BCUT2D eigenvalue weighted by molar-refractivity contribution is 7.54. The van der Waals surface area contributed by atoms with E-state index in [1.165, 1.54) is 22.4 Å². The van der Waals surface area contributed by atoms with E-state index in [1.807, 2.05) is 20.8 Å². The fourth-order valence-corrected chi connectivity index (χ4v) is 13.0. The molecule has 14 N–H and O–H groups in total. The number of nitrogens with zero attached hydrogens (tertiary/aromatic N) is 10. The zero-order chi connectivity index (χ0) is 70.2. The van der Waals surface area contributed by atoms with Gasteiger partial charge in [-0.2, -0.15) is 19.9 Å². The second kappa shape index (κ2) is 42.3. The third-order valence-electron chi connectivity index (χ3n) is 10.6. The Kier molecular flexibility index (Phi) is 40.0. The SMILES string of the molecule is CC[C@H](CNC(=O)N=C(N)N)OCP(=O)(OC(C)C)OC(C)C.CC[C@H](Cn1c(C)nc(N)nc1=O)OCP(=O)(OC(C)C)OC(C)C.CC[C@H](Cn1cnc(N)nc1=O)OCP(=O)(OC(C)C)OC(C)C.Cc1nc(N)nc(=O)n1C[C@@H](CO)OCP(=O)(O)O. The number of anilines is 3. The van der Waals surface area contributed by atoms with Crippen LogP contribution in [0.3, 0.4) is 0 Å². The molecule has 3 heterocycles. The number of nitrogen functional groups attached to an aromatic ring is 3. The fraction of sp³-hybridized carbons (Fsp3) is 0.780. The molecule has 0 bridgehead atoms. The van der Waals surface area contributed by atoms with Gasteiger partial charge in [0.1, 0.15) is 43.4 Å². The van der Waals surface area contributed by atoms with Crippen LogP contribution in [0.4, 0.5) is 22.6 Å². The molecule has 0 saturated carbocycles. The van der Waals surface area contributed by atoms with Crippen molar-refractivity contribution in [2.24, 2.45) is 16.5 Å². The number of aliphatic imine (C=N–C) groups is 1. The number of amides is 2. The Labute approximate surface area is 530 Å². The predicted molar refractivity (Wildman–Crippen MR) is 340 cm³/mol. The van der Waals surface area contributed by atoms with E-state index in [0.717, 1.165) is 4.57 Å². The summed E-state index contributed by atoms with van der Waals surface area (Å²) in [6, 6.07) is -0.660. The van der Waals surface area contributed by atoms with Crippen LogP contribution in [0.2, 0.25) is 0 Å². The predicted octanol–water partition coefficient (Wildman–Crippen LogP) is 4.15. The third-order valence-corrected chi connectivity index (χ3v) is 16.9. The lowest BCUT2D eigenvalue weighted by Gasteiger charge is -2.25. The maximum absolute atomic E-state index is 12.8. The zero-order valence-electron chi connectivity index (χ0n) is 55.2. The molecule has 3 aromatic heterocycles. The number of aliphatic hydroxyl groups excluding tert-OH is 1. The molecule has 526 valence electrons. The lowest BCUT2D eigenvalue weighted by molar-refractivity contribution is 0.0183. The molecule has 0 radical (unpaired) electrons. The minimum absolute atomic E-state index is 0.0621. The molecule has 0 saturated heterocycles. The van der Waals surface area contributed by atoms with E-state index in [1.54, 1.807) is 90.0 Å². The fourth-order valence-electron chi connectivity index (χ4n) is 7.06. The summed E-state index contributed by atoms with van der Waals surface area (Å²) >= 11 is 0. The molecule has 0 fully saturated rings. The molecule has 2 amide bonds. The van der Waals surface area contributed by atoms with Crippen LogP contribution in [0.1, 0.15) is 135 Å². The van der Waals surface area contributed by atoms with Gasteiger partial charge in [-0.25, -0.2) is 34.1 Å². The molecule has 0 aliphatic rings. The molecule has 0 unspecified atom stereocenters. The highest BCUT2D eigenvalue weighted by Gasteiger charge is 2.32. The van der Waals surface area contributed by atoms with Gasteiger partial charge in [0.05, 0.1) is 87.3 Å². The van der Waals surface area contributed by atoms with Gasteiger partial charge in [-0.05, 0) is 116 Å². The molecule has 0 aromatic carbocycles. The Bertz CT molecular complexity index is 3010. The Morgan fingerprint density at radius 2 is 0.857 bits per heavy atom. The van der Waals surface area contributed by atoms with Crippen molar-refractivity contribution < 1.29 is 84.0 Å². The lowest BCUT2D eigenvalue weighted by Crippen LogP contribution is -2.34. The van der Waals surface area contributed by atoms with Gasteiger partial charge in [0.15, 0.2) is 5.96 Å². The van der Waals surface area contributed by atoms with Gasteiger partial charge in [0, 0.05) is 6.54 Å². The van der Waals surface area contributed by atoms with Gasteiger partial charge in [0.25, 0.3) is 0 Å². The highest BCUT2D eigenvalue weighted by atomic mass is 31.2. The van der Waals surface area contributed by atoms with Crippen LogP contribution < -0.4 is 51.1 Å². The Morgan fingerprint density at radius 3 is 1.16 bits per heavy atom. The molecule has 91 heavy (non-hydrogen) atoms. The largest absolute Gasteiger partial charge is 0.394 e. The standard InChI is InChI=1S/C15H29N4O5P.C14H27N4O5P.C13H29N4O5P.C8H15N4O6P/c1-7-13(8-19-12(6)17-14(16)18-15(19)20)22-9-25(21,23-10(2)3)24-11(4)5;1-6-12(7-18-8-16-13(15)17-14(18)19)21-9-24(20,22-10(2)3)23-11(4)5;1-6-11(7-16-13(18)17-12(14)15)20-8-23(19,21-9(2)3)22-10(4)5;1-5-10-7(9)11-8(14)12(5)2-6(3-13)18-4-19(15,16)17/h10-11,13H,7-9H2,1-6H3,(H2,16,18,20);8,10-12H,6-7,9H2,1-5H3,(H2,15,17,19);9-11H,6-8H2,1-5H3,(H5,14,15,16,17,18);6,13H,2-4H2,1H3,(H2,9,11,14)(H2,15,16,17)/t13-;12-;11-;6-/m1110/s1. The van der Waals surface area contributed by atoms with Crippen LogP contribution in [-0.4, -0.2) is 170 Å². The topological polar surface area (TPSA) is 536 Å². The zero-order valence-corrected chi connectivity index (χ0v) is 58.8. The van der Waals surface area contributed by atoms with Gasteiger partial charge in [-0.15, -0.1) is 0 Å². The molecule has 0 aliphatic heterocycles. The number of carbonyl (C=O) groups is 1. The Hall–Kier alpha value is -5.03. The van der Waals surface area contributed by atoms with Crippen molar-refractivity contribution in [2.45, 2.75) is 218 Å². The third kappa shape index (κ3) is 38.7. The first kappa shape index (κ1) is 86.0. The van der Waals surface area contributed by atoms with Gasteiger partial charge in [0.2, 0.25) is 17.8 Å². The summed E-state index contributed by atoms with van der Waals surface area (Å²) in [5, 5.41) is 11.6. The number of carbonyl (C=O) groups excluding carboxylic acids is 1. The van der Waals surface area contributed by atoms with Gasteiger partial charge < -0.3 is 95.0 Å². The summed E-state index contributed by atoms with van der Waals surface area (Å²) < 4.78 is 107. The molecule has 37 nitrogen and oxygen atoms in total. The van der Waals surface area contributed by atoms with E-state index >= 15 is 0 Å². The summed E-state index contributed by atoms with van der Waals surface area (Å²) in [5.41, 5.74) is 24.6. The van der Waals surface area contributed by atoms with Crippen molar-refractivity contribution in [2.75, 3.05) is 55.7 Å². The number of aromatic nitrogens is 9. The molecule has 41 heteroatoms. The van der Waals surface area contributed by atoms with Crippen LogP contribution in [0, 0.1) is 13.8 Å². The lowest BCUT2D eigenvalue weighted by atomic mass is 10.3. The maximum atomic E-state index is 12.8. The number of ether oxygens (including phenoxy) is 4. The average Bonchev–Trinajstić information content (AvgIpc) is 1.07. The van der Waals surface area contributed by atoms with Crippen LogP contribution in [0.15, 0.2) is 25.7 Å². The maximum Gasteiger partial charge on any atom is 0.356 e. The van der Waals surface area contributed by atoms with Gasteiger partial charge in [-0.1, -0.05) is 20.8 Å². The minimum atomic E-state index is -4.34. The molecule has 3 rings (SSSR count). The first-order valence-electron chi connectivity index (χ1n) is 29.0. The van der Waals surface area contributed by atoms with Crippen LogP contribution in [-0.2, 0) is 84.0 Å². The van der Waals surface area contributed by atoms with E-state index in [4.69, 9.17) is 89.7 Å². The van der Waals surface area contributed by atoms with Crippen molar-refractivity contribution in [3.05, 3.63) is 49.4 Å². The molecular weight excluding hydrogens is 1280 g/mol. The number of guanidine groups is 1. The van der Waals surface area contributed by atoms with Gasteiger partial charge in [-0.3, -0.25) is 32.0 Å². The van der Waals surface area contributed by atoms with Crippen molar-refractivity contribution in [3.63, 3.8) is 0 Å². The van der Waals surface area contributed by atoms with Crippen molar-refractivity contribution in [1.29, 1.82) is 0 Å². The number of hydrogen-bond donors (Lipinski definition) is 9. The highest BCUT2D eigenvalue weighted by Crippen LogP contribution is 2.52. The minimum Gasteiger partial charge on any atom is -0.394 e. The number of aliphatic hydroxyl groups is 1. The number of nitrogens with two attached hydrogens (primary N) is 5. The number of nitrogens with one attached hydrogen (secondary N) is 1. The molecule has 4 atom stereocenters. The van der Waals surface area contributed by atoms with Crippen molar-refractivity contribution in [1.82, 2.24) is 48.9 Å². The second-order valence-corrected chi connectivity index (χ2v) is 28.7. The number of hydrogen-bond acceptors (Lipinski definition) is 28. The van der Waals surface area contributed by atoms with Crippen LogP contribution >= 0.6 is 30.4 Å². The summed E-state index contributed by atoms with van der Waals surface area (Å²) in [4.78, 5) is 89.4. The quantitative estimate of drug-likeness (QED) is 0.0224. The summed E-state index contributed by atoms with van der Waals surface area (Å²) in [6.45, 7) is 30.1. The number of urea groups is 1. The first-order valence-corrected chi connectivity index (χ1v) is 36.0. The summed E-state index contributed by atoms with van der Waals surface area (Å²) in [7, 11) is -14.5. The number of aryl methyl sites for hydroxylation is 2. The summed E-state index contributed by atoms with van der Waals surface area (Å²) in [5.74, 6) is 0.0701. The average molecular weight is 1390 g/mol. The molecular formula is C50H100N16O21P4. The monoisotopic (exact) mass is 1380 g/mol. The number of rotatable bonds is 36. The van der Waals surface area contributed by atoms with E-state index in [-0.39, 0.29) is 130 Å². The first-order chi connectivity index (χ1) is 42.0. The van der Waals surface area contributed by atoms with Crippen molar-refractivity contribution in [3.8, 4) is 0 Å². The van der Waals surface area contributed by atoms with E-state index in [0.29, 0.717) is 25.1 Å². The van der Waals surface area contributed by atoms with Gasteiger partial charge >= 0.3 is 53.5 Å². The molecule has 0 aliphatic carbocycles. The Balaban J connectivity index is 0.00000119. The normalized spacial score (nSPS) is 13.5. The van der Waals surface area contributed by atoms with Crippen molar-refractivity contribution >= 4 is 60.2 Å². The van der Waals surface area contributed by atoms with Crippen LogP contribution in [0.25, 0.3) is 0 Å². The second-order valence-electron chi connectivity index (χ2n) is 21.4. The van der Waals surface area contributed by atoms with Crippen LogP contribution in [0.5, 0.6) is 0 Å². The Morgan fingerprint density at radius 1 is 0.527 bits per heavy atom. The van der Waals surface area contributed by atoms with E-state index in [2.05, 4.69) is 40.2 Å².